The van der Waals surface area contributed by atoms with Crippen LogP contribution in [0.4, 0.5) is 0 Å². The Kier molecular flexibility index (Phi) is 9.08. The number of ether oxygens (including phenoxy) is 1. The molecular weight excluding hydrogens is 347 g/mol. The summed E-state index contributed by atoms with van der Waals surface area (Å²) in [6.45, 7) is 2.81. The summed E-state index contributed by atoms with van der Waals surface area (Å²) in [5, 5.41) is 5.58. The first-order valence-corrected chi connectivity index (χ1v) is 5.87. The molecule has 1 unspecified atom stereocenters. The average Bonchev–Trinajstić information content (AvgIpc) is 2.82. The summed E-state index contributed by atoms with van der Waals surface area (Å²) in [4.78, 5) is 17.3. The first-order valence-electron chi connectivity index (χ1n) is 5.87. The van der Waals surface area contributed by atoms with Gasteiger partial charge in [0.2, 0.25) is 5.91 Å². The van der Waals surface area contributed by atoms with E-state index in [0.29, 0.717) is 5.92 Å². The zero-order valence-corrected chi connectivity index (χ0v) is 13.6. The van der Waals surface area contributed by atoms with Crippen LogP contribution >= 0.6 is 24.0 Å². The molecule has 7 heteroatoms. The molecular formula is C11H23IN4O2. The molecule has 0 aromatic heterocycles. The number of nitrogens with zero attached hydrogens (tertiary/aromatic N) is 2. The number of likely N-dealkylation sites (N-methyl/N-ethyl adjacent to an activating group) is 1. The third-order valence-corrected chi connectivity index (χ3v) is 2.82. The molecule has 0 bridgehead atoms. The zero-order valence-electron chi connectivity index (χ0n) is 11.2. The molecule has 18 heavy (non-hydrogen) atoms. The van der Waals surface area contributed by atoms with Gasteiger partial charge in [-0.15, -0.1) is 24.0 Å². The lowest BCUT2D eigenvalue weighted by atomic mass is 10.1. The van der Waals surface area contributed by atoms with Gasteiger partial charge in [-0.1, -0.05) is 0 Å². The monoisotopic (exact) mass is 370 g/mol. The van der Waals surface area contributed by atoms with Crippen molar-refractivity contribution in [2.45, 2.75) is 6.42 Å². The van der Waals surface area contributed by atoms with Crippen LogP contribution in [0.3, 0.4) is 0 Å². The molecule has 0 aromatic carbocycles. The van der Waals surface area contributed by atoms with Crippen LogP contribution in [0.25, 0.3) is 0 Å². The van der Waals surface area contributed by atoms with Crippen molar-refractivity contribution in [1.29, 1.82) is 0 Å². The summed E-state index contributed by atoms with van der Waals surface area (Å²) in [6, 6.07) is 0. The Morgan fingerprint density at radius 2 is 2.28 bits per heavy atom. The zero-order chi connectivity index (χ0) is 12.7. The van der Waals surface area contributed by atoms with E-state index in [9.17, 15) is 4.79 Å². The summed E-state index contributed by atoms with van der Waals surface area (Å²) in [7, 11) is 5.30. The minimum Gasteiger partial charge on any atom is -0.381 e. The van der Waals surface area contributed by atoms with Crippen LogP contribution in [0.1, 0.15) is 6.42 Å². The minimum atomic E-state index is -0.0521. The molecule has 1 aliphatic rings. The van der Waals surface area contributed by atoms with E-state index in [2.05, 4.69) is 15.6 Å². The molecule has 1 saturated heterocycles. The number of carbonyl (C=O) groups excluding carboxylic acids is 1. The van der Waals surface area contributed by atoms with Crippen LogP contribution in [-0.4, -0.2) is 64.2 Å². The Hall–Kier alpha value is -0.570. The molecule has 106 valence electrons. The molecule has 1 fully saturated rings. The van der Waals surface area contributed by atoms with E-state index in [-0.39, 0.29) is 36.4 Å². The Bertz CT molecular complexity index is 280. The number of hydrogen-bond donors (Lipinski definition) is 2. The third kappa shape index (κ3) is 5.85. The highest BCUT2D eigenvalue weighted by atomic mass is 127. The summed E-state index contributed by atoms with van der Waals surface area (Å²) in [5.41, 5.74) is 0. The van der Waals surface area contributed by atoms with Gasteiger partial charge in [0.05, 0.1) is 13.2 Å². The number of aliphatic imine (C=N–C) groups is 1. The third-order valence-electron chi connectivity index (χ3n) is 2.82. The van der Waals surface area contributed by atoms with Crippen LogP contribution in [-0.2, 0) is 9.53 Å². The predicted octanol–water partition coefficient (Wildman–Crippen LogP) is -0.106. The van der Waals surface area contributed by atoms with Gasteiger partial charge in [0, 0.05) is 40.2 Å². The lowest BCUT2D eigenvalue weighted by molar-refractivity contribution is -0.119. The Morgan fingerprint density at radius 3 is 2.78 bits per heavy atom. The average molecular weight is 370 g/mol. The highest BCUT2D eigenvalue weighted by Gasteiger charge is 2.19. The van der Waals surface area contributed by atoms with E-state index in [0.717, 1.165) is 32.1 Å². The summed E-state index contributed by atoms with van der Waals surface area (Å²) in [6.07, 6.45) is 1.09. The van der Waals surface area contributed by atoms with Gasteiger partial charge in [-0.3, -0.25) is 9.79 Å². The maximum absolute atomic E-state index is 11.1. The number of carbonyl (C=O) groups is 1. The van der Waals surface area contributed by atoms with E-state index in [1.807, 2.05) is 11.9 Å². The van der Waals surface area contributed by atoms with Gasteiger partial charge in [-0.05, 0) is 6.42 Å². The van der Waals surface area contributed by atoms with Gasteiger partial charge in [-0.2, -0.15) is 0 Å². The number of halogens is 1. The fourth-order valence-electron chi connectivity index (χ4n) is 1.83. The molecule has 0 aromatic rings. The highest BCUT2D eigenvalue weighted by molar-refractivity contribution is 14.0. The first-order chi connectivity index (χ1) is 8.17. The van der Waals surface area contributed by atoms with Crippen molar-refractivity contribution in [3.63, 3.8) is 0 Å². The second-order valence-electron chi connectivity index (χ2n) is 4.18. The molecule has 2 N–H and O–H groups in total. The molecule has 0 saturated carbocycles. The summed E-state index contributed by atoms with van der Waals surface area (Å²) < 4.78 is 5.34. The number of guanidine groups is 1. The fraction of sp³-hybridized carbons (Fsp3) is 0.818. The molecule has 0 radical (unpaired) electrons. The predicted molar refractivity (Wildman–Crippen MR) is 82.4 cm³/mol. The topological polar surface area (TPSA) is 66.0 Å². The molecule has 0 aliphatic carbocycles. The fourth-order valence-corrected chi connectivity index (χ4v) is 1.83. The summed E-state index contributed by atoms with van der Waals surface area (Å²) >= 11 is 0. The van der Waals surface area contributed by atoms with E-state index < -0.39 is 0 Å². The molecule has 6 nitrogen and oxygen atoms in total. The lowest BCUT2D eigenvalue weighted by Crippen LogP contribution is -2.44. The molecule has 1 heterocycles. The maximum atomic E-state index is 11.1. The lowest BCUT2D eigenvalue weighted by Gasteiger charge is -2.24. The van der Waals surface area contributed by atoms with Crippen molar-refractivity contribution in [1.82, 2.24) is 15.5 Å². The second-order valence-corrected chi connectivity index (χ2v) is 4.18. The van der Waals surface area contributed by atoms with Gasteiger partial charge < -0.3 is 20.3 Å². The van der Waals surface area contributed by atoms with Crippen LogP contribution in [0.15, 0.2) is 4.99 Å². The molecule has 1 amide bonds. The number of nitrogens with one attached hydrogen (secondary N) is 2. The maximum Gasteiger partial charge on any atom is 0.239 e. The van der Waals surface area contributed by atoms with Crippen LogP contribution in [0.2, 0.25) is 0 Å². The molecule has 1 aliphatic heterocycles. The van der Waals surface area contributed by atoms with Gasteiger partial charge in [0.1, 0.15) is 0 Å². The molecule has 1 rings (SSSR count). The van der Waals surface area contributed by atoms with Gasteiger partial charge in [0.15, 0.2) is 5.96 Å². The van der Waals surface area contributed by atoms with E-state index in [4.69, 9.17) is 4.74 Å². The Morgan fingerprint density at radius 1 is 1.56 bits per heavy atom. The first kappa shape index (κ1) is 17.4. The van der Waals surface area contributed by atoms with Crippen molar-refractivity contribution in [2.24, 2.45) is 10.9 Å². The second kappa shape index (κ2) is 9.37. The largest absolute Gasteiger partial charge is 0.381 e. The smallest absolute Gasteiger partial charge is 0.239 e. The SMILES string of the molecule is CN=C(NCC(=O)NC)N(C)CC1CCOC1.I. The number of rotatable bonds is 4. The molecule has 1 atom stereocenters. The standard InChI is InChI=1S/C11H22N4O2.HI/c1-12-10(16)6-14-11(13-2)15(3)7-9-4-5-17-8-9;/h9H,4-8H2,1-3H3,(H,12,16)(H,13,14);1H. The van der Waals surface area contributed by atoms with Crippen LogP contribution in [0.5, 0.6) is 0 Å². The van der Waals surface area contributed by atoms with Crippen molar-refractivity contribution < 1.29 is 9.53 Å². The number of hydrogen-bond acceptors (Lipinski definition) is 3. The molecule has 0 spiro atoms. The van der Waals surface area contributed by atoms with Crippen molar-refractivity contribution >= 4 is 35.8 Å². The normalized spacial score (nSPS) is 19.1. The van der Waals surface area contributed by atoms with Gasteiger partial charge >= 0.3 is 0 Å². The summed E-state index contributed by atoms with van der Waals surface area (Å²) in [5.74, 6) is 1.24. The Labute approximate surface area is 126 Å². The van der Waals surface area contributed by atoms with E-state index in [1.54, 1.807) is 14.1 Å². The number of amides is 1. The van der Waals surface area contributed by atoms with Crippen molar-refractivity contribution in [3.05, 3.63) is 0 Å². The quantitative estimate of drug-likeness (QED) is 0.412. The van der Waals surface area contributed by atoms with Crippen molar-refractivity contribution in [3.8, 4) is 0 Å². The van der Waals surface area contributed by atoms with Gasteiger partial charge in [-0.25, -0.2) is 0 Å². The van der Waals surface area contributed by atoms with Crippen LogP contribution < -0.4 is 10.6 Å². The van der Waals surface area contributed by atoms with E-state index in [1.165, 1.54) is 0 Å². The van der Waals surface area contributed by atoms with Crippen LogP contribution in [0, 0.1) is 5.92 Å². The van der Waals surface area contributed by atoms with E-state index >= 15 is 0 Å². The minimum absolute atomic E-state index is 0. The van der Waals surface area contributed by atoms with Crippen molar-refractivity contribution in [2.75, 3.05) is 47.4 Å². The highest BCUT2D eigenvalue weighted by Crippen LogP contribution is 2.12. The van der Waals surface area contributed by atoms with Gasteiger partial charge in [0.25, 0.3) is 0 Å². The Balaban J connectivity index is 0.00000289.